The van der Waals surface area contributed by atoms with Crippen LogP contribution in [0.1, 0.15) is 27.8 Å². The number of carboxylic acid groups (broad SMARTS) is 1. The smallest absolute Gasteiger partial charge is 0.322 e. The number of anilines is 1. The highest BCUT2D eigenvalue weighted by molar-refractivity contribution is 7.89. The fraction of sp³-hybridized carbons (Fsp3) is 0.214. The number of aliphatic carboxylic acids is 1. The first kappa shape index (κ1) is 26.5. The number of carboxylic acids is 1. The zero-order valence-electron chi connectivity index (χ0n) is 20.9. The van der Waals surface area contributed by atoms with E-state index >= 15 is 0 Å². The van der Waals surface area contributed by atoms with Crippen molar-refractivity contribution in [3.8, 4) is 11.1 Å². The Bertz CT molecular complexity index is 1480. The topological polar surface area (TPSA) is 108 Å². The number of hydrogen-bond acceptors (Lipinski definition) is 6. The van der Waals surface area contributed by atoms with Crippen molar-refractivity contribution in [2.24, 2.45) is 0 Å². The summed E-state index contributed by atoms with van der Waals surface area (Å²) in [6, 6.07) is 17.9. The van der Waals surface area contributed by atoms with Crippen LogP contribution in [0.5, 0.6) is 0 Å². The number of sulfonamides is 1. The van der Waals surface area contributed by atoms with Crippen molar-refractivity contribution < 1.29 is 18.3 Å². The van der Waals surface area contributed by atoms with Crippen molar-refractivity contribution in [2.45, 2.75) is 44.7 Å². The maximum absolute atomic E-state index is 13.1. The van der Waals surface area contributed by atoms with Crippen molar-refractivity contribution >= 4 is 32.5 Å². The van der Waals surface area contributed by atoms with Gasteiger partial charge >= 0.3 is 5.97 Å². The van der Waals surface area contributed by atoms with E-state index in [0.29, 0.717) is 17.7 Å². The summed E-state index contributed by atoms with van der Waals surface area (Å²) in [5, 5.41) is 15.9. The normalized spacial score (nSPS) is 12.3. The molecule has 4 rings (SSSR count). The lowest BCUT2D eigenvalue weighted by Crippen LogP contribution is -2.42. The van der Waals surface area contributed by atoms with Gasteiger partial charge in [0.1, 0.15) is 6.04 Å². The number of aryl methyl sites for hydroxylation is 3. The molecule has 3 N–H and O–H groups in total. The number of nitrogens with zero attached hydrogens (tertiary/aromatic N) is 1. The molecule has 0 amide bonds. The molecule has 0 saturated carbocycles. The molecule has 0 spiro atoms. The summed E-state index contributed by atoms with van der Waals surface area (Å²) in [6.07, 6.45) is 1.78. The molecule has 3 aromatic carbocycles. The molecule has 192 valence electrons. The Balaban J connectivity index is 1.47. The number of hydrogen-bond donors (Lipinski definition) is 3. The van der Waals surface area contributed by atoms with Crippen LogP contribution in [0.25, 0.3) is 11.1 Å². The minimum Gasteiger partial charge on any atom is -0.480 e. The lowest BCUT2D eigenvalue weighted by atomic mass is 9.99. The maximum Gasteiger partial charge on any atom is 0.322 e. The van der Waals surface area contributed by atoms with Gasteiger partial charge < -0.3 is 10.4 Å². The monoisotopic (exact) mass is 535 g/mol. The Kier molecular flexibility index (Phi) is 8.06. The van der Waals surface area contributed by atoms with Gasteiger partial charge in [-0.2, -0.15) is 4.72 Å². The first-order valence-corrected chi connectivity index (χ1v) is 14.1. The lowest BCUT2D eigenvalue weighted by Gasteiger charge is -2.18. The predicted octanol–water partition coefficient (Wildman–Crippen LogP) is 5.32. The fourth-order valence-corrected chi connectivity index (χ4v) is 6.60. The Labute approximate surface area is 221 Å². The summed E-state index contributed by atoms with van der Waals surface area (Å²) >= 11 is 1.55. The van der Waals surface area contributed by atoms with E-state index < -0.39 is 22.0 Å². The van der Waals surface area contributed by atoms with Gasteiger partial charge in [-0.3, -0.25) is 4.79 Å². The fourth-order valence-electron chi connectivity index (χ4n) is 4.43. The summed E-state index contributed by atoms with van der Waals surface area (Å²) in [5.74, 6) is -1.23. The molecule has 0 bridgehead atoms. The zero-order valence-corrected chi connectivity index (χ0v) is 22.5. The van der Waals surface area contributed by atoms with Crippen LogP contribution in [-0.4, -0.2) is 30.5 Å². The molecule has 0 radical (unpaired) electrons. The Morgan fingerprint density at radius 2 is 1.68 bits per heavy atom. The number of rotatable bonds is 10. The van der Waals surface area contributed by atoms with Crippen LogP contribution in [0.15, 0.2) is 77.1 Å². The lowest BCUT2D eigenvalue weighted by molar-refractivity contribution is -0.138. The Morgan fingerprint density at radius 3 is 2.30 bits per heavy atom. The molecule has 0 aliphatic carbocycles. The molecular weight excluding hydrogens is 506 g/mol. The van der Waals surface area contributed by atoms with Gasteiger partial charge in [-0.05, 0) is 66.6 Å². The summed E-state index contributed by atoms with van der Waals surface area (Å²) in [4.78, 5) is 16.3. The molecule has 9 heteroatoms. The van der Waals surface area contributed by atoms with Crippen molar-refractivity contribution in [2.75, 3.05) is 5.32 Å². The van der Waals surface area contributed by atoms with Gasteiger partial charge in [-0.1, -0.05) is 60.2 Å². The number of aromatic nitrogens is 1. The van der Waals surface area contributed by atoms with Crippen LogP contribution >= 0.6 is 11.3 Å². The molecule has 0 aliphatic heterocycles. The van der Waals surface area contributed by atoms with Crippen LogP contribution in [-0.2, 0) is 27.8 Å². The van der Waals surface area contributed by atoms with Crippen molar-refractivity contribution in [1.29, 1.82) is 0 Å². The molecule has 0 saturated heterocycles. The Morgan fingerprint density at radius 1 is 0.973 bits per heavy atom. The van der Waals surface area contributed by atoms with E-state index in [4.69, 9.17) is 0 Å². The number of carbonyl (C=O) groups is 1. The zero-order chi connectivity index (χ0) is 26.6. The molecule has 0 fully saturated rings. The van der Waals surface area contributed by atoms with Crippen LogP contribution in [0.2, 0.25) is 0 Å². The average Bonchev–Trinajstić information content (AvgIpc) is 3.36. The first-order chi connectivity index (χ1) is 17.6. The van der Waals surface area contributed by atoms with Gasteiger partial charge in [0.25, 0.3) is 0 Å². The van der Waals surface area contributed by atoms with Crippen molar-refractivity contribution in [3.05, 3.63) is 100 Å². The molecule has 1 atom stereocenters. The number of nitrogens with one attached hydrogen (secondary N) is 2. The minimum absolute atomic E-state index is 0.0244. The second kappa shape index (κ2) is 11.2. The van der Waals surface area contributed by atoms with Crippen LogP contribution < -0.4 is 10.0 Å². The summed E-state index contributed by atoms with van der Waals surface area (Å²) in [7, 11) is -4.02. The van der Waals surface area contributed by atoms with Crippen LogP contribution in [0, 0.1) is 20.8 Å². The van der Waals surface area contributed by atoms with E-state index in [0.717, 1.165) is 32.9 Å². The van der Waals surface area contributed by atoms with Crippen LogP contribution in [0.3, 0.4) is 0 Å². The molecule has 0 aliphatic rings. The maximum atomic E-state index is 13.1. The van der Waals surface area contributed by atoms with Crippen molar-refractivity contribution in [1.82, 2.24) is 9.71 Å². The summed E-state index contributed by atoms with van der Waals surface area (Å²) in [6.45, 7) is 5.98. The highest BCUT2D eigenvalue weighted by Crippen LogP contribution is 2.24. The van der Waals surface area contributed by atoms with Gasteiger partial charge in [0.15, 0.2) is 5.13 Å². The van der Waals surface area contributed by atoms with Gasteiger partial charge in [0, 0.05) is 18.1 Å². The van der Waals surface area contributed by atoms with E-state index in [1.807, 2.05) is 54.8 Å². The quantitative estimate of drug-likeness (QED) is 0.254. The third-order valence-electron chi connectivity index (χ3n) is 6.00. The number of thiazole rings is 1. The van der Waals surface area contributed by atoms with Gasteiger partial charge in [0.05, 0.1) is 4.90 Å². The molecule has 4 aromatic rings. The summed E-state index contributed by atoms with van der Waals surface area (Å²) in [5.41, 5.74) is 5.97. The second-order valence-corrected chi connectivity index (χ2v) is 11.6. The minimum atomic E-state index is -4.02. The highest BCUT2D eigenvalue weighted by Gasteiger charge is 2.28. The third kappa shape index (κ3) is 6.62. The molecule has 7 nitrogen and oxygen atoms in total. The second-order valence-electron chi connectivity index (χ2n) is 9.03. The highest BCUT2D eigenvalue weighted by atomic mass is 32.2. The number of benzene rings is 3. The summed E-state index contributed by atoms with van der Waals surface area (Å²) < 4.78 is 28.6. The first-order valence-electron chi connectivity index (χ1n) is 11.8. The van der Waals surface area contributed by atoms with E-state index in [-0.39, 0.29) is 11.3 Å². The Hall–Kier alpha value is -3.53. The molecule has 1 heterocycles. The van der Waals surface area contributed by atoms with Gasteiger partial charge in [0.2, 0.25) is 10.0 Å². The van der Waals surface area contributed by atoms with Gasteiger partial charge in [-0.25, -0.2) is 13.4 Å². The molecule has 1 aromatic heterocycles. The average molecular weight is 536 g/mol. The standard InChI is InChI=1S/C28H29N3O4S2/c1-18-13-19(2)26(20(3)14-18)37(34,35)31-25(27(32)33)16-21-7-9-23(10-8-21)24-6-4-5-22(15-24)17-30-28-29-11-12-36-28/h4-15,25,31H,16-17H2,1-3H3,(H,29,30)(H,32,33)/t25-/m0/s1. The molecule has 0 unspecified atom stereocenters. The molecular formula is C28H29N3O4S2. The van der Waals surface area contributed by atoms with Crippen molar-refractivity contribution in [3.63, 3.8) is 0 Å². The van der Waals surface area contributed by atoms with E-state index in [2.05, 4.69) is 21.1 Å². The largest absolute Gasteiger partial charge is 0.480 e. The predicted molar refractivity (Wildman–Crippen MR) is 147 cm³/mol. The molecule has 37 heavy (non-hydrogen) atoms. The van der Waals surface area contributed by atoms with E-state index in [1.54, 1.807) is 43.5 Å². The third-order valence-corrected chi connectivity index (χ3v) is 8.51. The van der Waals surface area contributed by atoms with Crippen LogP contribution in [0.4, 0.5) is 5.13 Å². The van der Waals surface area contributed by atoms with Gasteiger partial charge in [-0.15, -0.1) is 11.3 Å². The van der Waals surface area contributed by atoms with E-state index in [9.17, 15) is 18.3 Å². The van der Waals surface area contributed by atoms with E-state index in [1.165, 1.54) is 0 Å². The SMILES string of the molecule is Cc1cc(C)c(S(=O)(=O)N[C@@H](Cc2ccc(-c3cccc(CNc4nccs4)c3)cc2)C(=O)O)c(C)c1.